The van der Waals surface area contributed by atoms with Gasteiger partial charge in [-0.25, -0.2) is 0 Å². The molecule has 1 saturated carbocycles. The molecule has 0 heterocycles. The van der Waals surface area contributed by atoms with Gasteiger partial charge in [0.2, 0.25) is 0 Å². The summed E-state index contributed by atoms with van der Waals surface area (Å²) in [5.74, 6) is 0.609. The Hall–Kier alpha value is -2.23. The zero-order valence-electron chi connectivity index (χ0n) is 18.1. The lowest BCUT2D eigenvalue weighted by Crippen LogP contribution is -2.44. The summed E-state index contributed by atoms with van der Waals surface area (Å²) in [5.41, 5.74) is 4.53. The molecule has 2 aliphatic carbocycles. The van der Waals surface area contributed by atoms with Crippen molar-refractivity contribution in [2.45, 2.75) is 58.8 Å². The number of fused-ring (bicyclic) bond motifs is 1. The second kappa shape index (κ2) is 9.28. The van der Waals surface area contributed by atoms with Crippen LogP contribution in [0.25, 0.3) is 0 Å². The van der Waals surface area contributed by atoms with Crippen molar-refractivity contribution in [3.8, 4) is 0 Å². The van der Waals surface area contributed by atoms with Gasteiger partial charge in [-0.3, -0.25) is 4.79 Å². The summed E-state index contributed by atoms with van der Waals surface area (Å²) < 4.78 is 12.3. The SMILES string of the molecule is CC1=C(COCc2ccccc2)[C@@]2(C)CC[C@H](OCc3ccccc3)C[C@@H]2CC1=O. The van der Waals surface area contributed by atoms with Crippen molar-refractivity contribution >= 4 is 5.78 Å². The quantitative estimate of drug-likeness (QED) is 0.578. The number of ether oxygens (including phenoxy) is 2. The van der Waals surface area contributed by atoms with E-state index in [0.717, 1.165) is 30.4 Å². The molecule has 0 saturated heterocycles. The monoisotopic (exact) mass is 404 g/mol. The van der Waals surface area contributed by atoms with Crippen LogP contribution in [0.4, 0.5) is 0 Å². The molecule has 3 heteroatoms. The van der Waals surface area contributed by atoms with E-state index in [2.05, 4.69) is 31.2 Å². The van der Waals surface area contributed by atoms with Crippen molar-refractivity contribution in [1.82, 2.24) is 0 Å². The van der Waals surface area contributed by atoms with Gasteiger partial charge >= 0.3 is 0 Å². The topological polar surface area (TPSA) is 35.5 Å². The smallest absolute Gasteiger partial charge is 0.158 e. The van der Waals surface area contributed by atoms with Gasteiger partial charge in [0.15, 0.2) is 5.78 Å². The Bertz CT molecular complexity index is 887. The lowest BCUT2D eigenvalue weighted by molar-refractivity contribution is -0.121. The normalized spacial score (nSPS) is 26.5. The molecule has 0 spiro atoms. The molecule has 3 atom stereocenters. The average molecular weight is 405 g/mol. The number of allylic oxidation sites excluding steroid dienone is 1. The number of rotatable bonds is 7. The zero-order valence-corrected chi connectivity index (χ0v) is 18.1. The van der Waals surface area contributed by atoms with Crippen molar-refractivity contribution < 1.29 is 14.3 Å². The molecule has 0 aliphatic heterocycles. The number of carbonyl (C=O) groups excluding carboxylic acids is 1. The minimum atomic E-state index is 0.0291. The molecular formula is C27H32O3. The Morgan fingerprint density at radius 3 is 2.23 bits per heavy atom. The molecule has 0 aromatic heterocycles. The Kier molecular flexibility index (Phi) is 6.50. The number of hydrogen-bond acceptors (Lipinski definition) is 3. The van der Waals surface area contributed by atoms with E-state index in [4.69, 9.17) is 9.47 Å². The molecule has 3 nitrogen and oxygen atoms in total. The van der Waals surface area contributed by atoms with Crippen molar-refractivity contribution in [3.63, 3.8) is 0 Å². The first-order valence-corrected chi connectivity index (χ1v) is 11.1. The molecule has 2 aromatic carbocycles. The van der Waals surface area contributed by atoms with E-state index in [1.807, 2.05) is 43.3 Å². The van der Waals surface area contributed by atoms with Crippen LogP contribution in [0.3, 0.4) is 0 Å². The van der Waals surface area contributed by atoms with Gasteiger partial charge in [-0.1, -0.05) is 67.6 Å². The van der Waals surface area contributed by atoms with Crippen LogP contribution in [0, 0.1) is 11.3 Å². The van der Waals surface area contributed by atoms with Crippen molar-refractivity contribution in [2.75, 3.05) is 6.61 Å². The first-order chi connectivity index (χ1) is 14.6. The van der Waals surface area contributed by atoms with E-state index in [-0.39, 0.29) is 17.3 Å². The minimum Gasteiger partial charge on any atom is -0.374 e. The standard InChI is InChI=1S/C27H32O3/c1-20-25(19-29-17-21-9-5-3-6-10-21)27(2)14-13-24(15-23(27)16-26(20)28)30-18-22-11-7-4-8-12-22/h3-12,23-24H,13-19H2,1-2H3/t23-,24+,27+/m1/s1. The lowest BCUT2D eigenvalue weighted by atomic mass is 9.57. The highest BCUT2D eigenvalue weighted by Gasteiger charge is 2.47. The Labute approximate surface area is 180 Å². The lowest BCUT2D eigenvalue weighted by Gasteiger charge is -2.48. The summed E-state index contributed by atoms with van der Waals surface area (Å²) in [6.45, 7) is 6.08. The van der Waals surface area contributed by atoms with Gasteiger partial charge in [0, 0.05) is 6.42 Å². The van der Waals surface area contributed by atoms with Gasteiger partial charge in [-0.05, 0) is 59.8 Å². The summed E-state index contributed by atoms with van der Waals surface area (Å²) in [6, 6.07) is 20.6. The first-order valence-electron chi connectivity index (χ1n) is 11.1. The summed E-state index contributed by atoms with van der Waals surface area (Å²) in [5, 5.41) is 0. The molecule has 1 fully saturated rings. The van der Waals surface area contributed by atoms with Crippen LogP contribution >= 0.6 is 0 Å². The van der Waals surface area contributed by atoms with Gasteiger partial charge in [-0.2, -0.15) is 0 Å². The van der Waals surface area contributed by atoms with Crippen LogP contribution in [-0.2, 0) is 27.5 Å². The maximum Gasteiger partial charge on any atom is 0.158 e. The van der Waals surface area contributed by atoms with Crippen LogP contribution in [0.15, 0.2) is 71.8 Å². The minimum absolute atomic E-state index is 0.0291. The van der Waals surface area contributed by atoms with Gasteiger partial charge < -0.3 is 9.47 Å². The molecule has 0 unspecified atom stereocenters. The number of ketones is 1. The molecule has 0 bridgehead atoms. The predicted octanol–water partition coefficient (Wildman–Crippen LogP) is 5.88. The van der Waals surface area contributed by atoms with Crippen LogP contribution < -0.4 is 0 Å². The predicted molar refractivity (Wildman–Crippen MR) is 119 cm³/mol. The van der Waals surface area contributed by atoms with E-state index in [9.17, 15) is 4.79 Å². The summed E-state index contributed by atoms with van der Waals surface area (Å²) in [4.78, 5) is 12.8. The largest absolute Gasteiger partial charge is 0.374 e. The fourth-order valence-electron chi connectivity index (χ4n) is 5.10. The van der Waals surface area contributed by atoms with Crippen LogP contribution in [-0.4, -0.2) is 18.5 Å². The number of Topliss-reactive ketones (excluding diaryl/α,β-unsaturated/α-hetero) is 1. The first kappa shape index (κ1) is 21.0. The number of hydrogen-bond donors (Lipinski definition) is 0. The Morgan fingerprint density at radius 1 is 0.933 bits per heavy atom. The fraction of sp³-hybridized carbons (Fsp3) is 0.444. The molecule has 4 rings (SSSR count). The summed E-state index contributed by atoms with van der Waals surface area (Å²) in [6.07, 6.45) is 3.89. The third-order valence-corrected chi connectivity index (χ3v) is 7.11. The molecule has 0 amide bonds. The highest BCUT2D eigenvalue weighted by Crippen LogP contribution is 2.52. The highest BCUT2D eigenvalue weighted by molar-refractivity contribution is 5.97. The second-order valence-electron chi connectivity index (χ2n) is 9.02. The molecule has 0 radical (unpaired) electrons. The van der Waals surface area contributed by atoms with Crippen molar-refractivity contribution in [2.24, 2.45) is 11.3 Å². The van der Waals surface area contributed by atoms with E-state index in [1.165, 1.54) is 11.1 Å². The van der Waals surface area contributed by atoms with Gasteiger partial charge in [0.25, 0.3) is 0 Å². The van der Waals surface area contributed by atoms with E-state index in [0.29, 0.717) is 32.2 Å². The molecular weight excluding hydrogens is 372 g/mol. The van der Waals surface area contributed by atoms with Crippen molar-refractivity contribution in [3.05, 3.63) is 82.9 Å². The van der Waals surface area contributed by atoms with E-state index >= 15 is 0 Å². The third-order valence-electron chi connectivity index (χ3n) is 7.11. The number of carbonyl (C=O) groups is 1. The molecule has 158 valence electrons. The van der Waals surface area contributed by atoms with Gasteiger partial charge in [0.05, 0.1) is 25.9 Å². The Balaban J connectivity index is 1.40. The fourth-order valence-corrected chi connectivity index (χ4v) is 5.10. The molecule has 30 heavy (non-hydrogen) atoms. The summed E-state index contributed by atoms with van der Waals surface area (Å²) >= 11 is 0. The maximum absolute atomic E-state index is 12.8. The summed E-state index contributed by atoms with van der Waals surface area (Å²) in [7, 11) is 0. The number of benzene rings is 2. The molecule has 2 aromatic rings. The van der Waals surface area contributed by atoms with Gasteiger partial charge in [-0.15, -0.1) is 0 Å². The van der Waals surface area contributed by atoms with E-state index < -0.39 is 0 Å². The second-order valence-corrected chi connectivity index (χ2v) is 9.02. The van der Waals surface area contributed by atoms with Crippen LogP contribution in [0.5, 0.6) is 0 Å². The maximum atomic E-state index is 12.8. The van der Waals surface area contributed by atoms with Gasteiger partial charge in [0.1, 0.15) is 0 Å². The van der Waals surface area contributed by atoms with Crippen molar-refractivity contribution in [1.29, 1.82) is 0 Å². The third kappa shape index (κ3) is 4.58. The average Bonchev–Trinajstić information content (AvgIpc) is 2.77. The molecule has 0 N–H and O–H groups in total. The van der Waals surface area contributed by atoms with Crippen LogP contribution in [0.2, 0.25) is 0 Å². The zero-order chi connectivity index (χ0) is 21.0. The van der Waals surface area contributed by atoms with Crippen LogP contribution in [0.1, 0.15) is 50.7 Å². The Morgan fingerprint density at radius 2 is 1.57 bits per heavy atom. The molecule has 2 aliphatic rings. The highest BCUT2D eigenvalue weighted by atomic mass is 16.5. The van der Waals surface area contributed by atoms with E-state index in [1.54, 1.807) is 0 Å².